The number of hydrogen-bond donors (Lipinski definition) is 0. The van der Waals surface area contributed by atoms with Crippen LogP contribution in [-0.4, -0.2) is 72.1 Å². The highest BCUT2D eigenvalue weighted by molar-refractivity contribution is 8.01. The monoisotopic (exact) mass is 300 g/mol. The molecule has 0 aromatic carbocycles. The standard InChI is InChI=1S/C15H28N2O2S/c1-15(2,3)20-12-14(18)17-7-5-16(6-8-17)10-13-4-9-19-11-13/h13H,4-12H2,1-3H3. The van der Waals surface area contributed by atoms with E-state index >= 15 is 0 Å². The van der Waals surface area contributed by atoms with Gasteiger partial charge >= 0.3 is 0 Å². The molecular weight excluding hydrogens is 272 g/mol. The minimum absolute atomic E-state index is 0.167. The second-order valence-corrected chi connectivity index (χ2v) is 8.61. The fourth-order valence-electron chi connectivity index (χ4n) is 2.64. The maximum absolute atomic E-state index is 12.2. The molecule has 2 aliphatic rings. The maximum atomic E-state index is 12.2. The number of piperazine rings is 1. The van der Waals surface area contributed by atoms with E-state index < -0.39 is 0 Å². The lowest BCUT2D eigenvalue weighted by Crippen LogP contribution is -2.50. The molecule has 1 amide bonds. The first kappa shape index (κ1) is 16.1. The zero-order valence-corrected chi connectivity index (χ0v) is 13.9. The molecule has 0 N–H and O–H groups in total. The van der Waals surface area contributed by atoms with E-state index in [2.05, 4.69) is 25.7 Å². The predicted molar refractivity (Wildman–Crippen MR) is 84.2 cm³/mol. The first-order valence-corrected chi connectivity index (χ1v) is 8.64. The molecule has 2 aliphatic heterocycles. The van der Waals surface area contributed by atoms with Crippen LogP contribution in [0.25, 0.3) is 0 Å². The van der Waals surface area contributed by atoms with E-state index in [1.807, 2.05) is 4.90 Å². The van der Waals surface area contributed by atoms with Crippen molar-refractivity contribution in [2.75, 3.05) is 51.7 Å². The highest BCUT2D eigenvalue weighted by atomic mass is 32.2. The van der Waals surface area contributed by atoms with Crippen LogP contribution in [-0.2, 0) is 9.53 Å². The number of thioether (sulfide) groups is 1. The molecule has 20 heavy (non-hydrogen) atoms. The van der Waals surface area contributed by atoms with Crippen LogP contribution in [0.1, 0.15) is 27.2 Å². The summed E-state index contributed by atoms with van der Waals surface area (Å²) in [5, 5.41) is 0. The van der Waals surface area contributed by atoms with Gasteiger partial charge in [-0.3, -0.25) is 9.69 Å². The van der Waals surface area contributed by atoms with Crippen molar-refractivity contribution in [1.82, 2.24) is 9.80 Å². The fraction of sp³-hybridized carbons (Fsp3) is 0.933. The van der Waals surface area contributed by atoms with Gasteiger partial charge in [-0.1, -0.05) is 20.8 Å². The number of amides is 1. The Morgan fingerprint density at radius 3 is 2.50 bits per heavy atom. The third-order valence-electron chi connectivity index (χ3n) is 3.89. The van der Waals surface area contributed by atoms with Gasteiger partial charge in [-0.25, -0.2) is 0 Å². The van der Waals surface area contributed by atoms with Crippen molar-refractivity contribution in [2.45, 2.75) is 31.9 Å². The summed E-state index contributed by atoms with van der Waals surface area (Å²) in [5.41, 5.74) is 0. The summed E-state index contributed by atoms with van der Waals surface area (Å²) in [6.07, 6.45) is 1.20. The van der Waals surface area contributed by atoms with E-state index in [-0.39, 0.29) is 4.75 Å². The lowest BCUT2D eigenvalue weighted by atomic mass is 10.1. The number of carbonyl (C=O) groups excluding carboxylic acids is 1. The Hall–Kier alpha value is -0.260. The summed E-state index contributed by atoms with van der Waals surface area (Å²) in [4.78, 5) is 16.7. The van der Waals surface area contributed by atoms with Gasteiger partial charge in [-0.2, -0.15) is 0 Å². The number of hydrogen-bond acceptors (Lipinski definition) is 4. The van der Waals surface area contributed by atoms with E-state index in [1.165, 1.54) is 6.42 Å². The second kappa shape index (κ2) is 7.14. The first-order chi connectivity index (χ1) is 9.44. The van der Waals surface area contributed by atoms with Crippen LogP contribution in [0.4, 0.5) is 0 Å². The molecule has 116 valence electrons. The predicted octanol–water partition coefficient (Wildman–Crippen LogP) is 1.70. The quantitative estimate of drug-likeness (QED) is 0.791. The van der Waals surface area contributed by atoms with Gasteiger partial charge in [0.1, 0.15) is 0 Å². The van der Waals surface area contributed by atoms with Crippen LogP contribution in [0.5, 0.6) is 0 Å². The molecule has 1 unspecified atom stereocenters. The summed E-state index contributed by atoms with van der Waals surface area (Å²) < 4.78 is 5.59. The molecule has 2 saturated heterocycles. The Morgan fingerprint density at radius 1 is 1.25 bits per heavy atom. The van der Waals surface area contributed by atoms with E-state index in [1.54, 1.807) is 11.8 Å². The van der Waals surface area contributed by atoms with Crippen LogP contribution in [0.2, 0.25) is 0 Å². The Bertz CT molecular complexity index is 316. The van der Waals surface area contributed by atoms with Gasteiger partial charge in [-0.15, -0.1) is 11.8 Å². The molecule has 0 aromatic heterocycles. The molecule has 2 rings (SSSR count). The molecule has 5 heteroatoms. The Balaban J connectivity index is 1.66. The topological polar surface area (TPSA) is 32.8 Å². The van der Waals surface area contributed by atoms with E-state index in [0.717, 1.165) is 45.9 Å². The second-order valence-electron chi connectivity index (χ2n) is 6.81. The molecule has 0 bridgehead atoms. The SMILES string of the molecule is CC(C)(C)SCC(=O)N1CCN(CC2CCOC2)CC1. The third-order valence-corrected chi connectivity index (χ3v) is 5.15. The van der Waals surface area contributed by atoms with Crippen molar-refractivity contribution < 1.29 is 9.53 Å². The normalized spacial score (nSPS) is 25.1. The Labute approximate surface area is 127 Å². The molecule has 1 atom stereocenters. The number of nitrogens with zero attached hydrogens (tertiary/aromatic N) is 2. The van der Waals surface area contributed by atoms with Crippen molar-refractivity contribution in [1.29, 1.82) is 0 Å². The summed E-state index contributed by atoms with van der Waals surface area (Å²) >= 11 is 1.74. The molecular formula is C15H28N2O2S. The van der Waals surface area contributed by atoms with Gasteiger partial charge in [0, 0.05) is 44.1 Å². The van der Waals surface area contributed by atoms with Crippen LogP contribution in [0, 0.1) is 5.92 Å². The molecule has 0 saturated carbocycles. The summed E-state index contributed by atoms with van der Waals surface area (Å²) in [6, 6.07) is 0. The Kier molecular flexibility index (Phi) is 5.75. The van der Waals surface area contributed by atoms with Crippen LogP contribution < -0.4 is 0 Å². The first-order valence-electron chi connectivity index (χ1n) is 7.66. The van der Waals surface area contributed by atoms with Gasteiger partial charge < -0.3 is 9.64 Å². The van der Waals surface area contributed by atoms with E-state index in [4.69, 9.17) is 4.74 Å². The maximum Gasteiger partial charge on any atom is 0.232 e. The van der Waals surface area contributed by atoms with E-state index in [9.17, 15) is 4.79 Å². The van der Waals surface area contributed by atoms with Crippen LogP contribution >= 0.6 is 11.8 Å². The molecule has 0 aliphatic carbocycles. The number of rotatable bonds is 4. The minimum atomic E-state index is 0.167. The van der Waals surface area contributed by atoms with Crippen molar-refractivity contribution in [2.24, 2.45) is 5.92 Å². The molecule has 0 radical (unpaired) electrons. The zero-order valence-electron chi connectivity index (χ0n) is 13.1. The molecule has 0 aromatic rings. The number of ether oxygens (including phenoxy) is 1. The van der Waals surface area contributed by atoms with Crippen molar-refractivity contribution >= 4 is 17.7 Å². The molecule has 2 fully saturated rings. The largest absolute Gasteiger partial charge is 0.381 e. The lowest BCUT2D eigenvalue weighted by molar-refractivity contribution is -0.130. The fourth-order valence-corrected chi connectivity index (χ4v) is 3.38. The highest BCUT2D eigenvalue weighted by Crippen LogP contribution is 2.23. The summed E-state index contributed by atoms with van der Waals surface area (Å²) in [7, 11) is 0. The van der Waals surface area contributed by atoms with Gasteiger partial charge in [0.2, 0.25) is 5.91 Å². The summed E-state index contributed by atoms with van der Waals surface area (Å²) in [6.45, 7) is 13.3. The average Bonchev–Trinajstić information content (AvgIpc) is 2.89. The van der Waals surface area contributed by atoms with Crippen molar-refractivity contribution in [3.05, 3.63) is 0 Å². The third kappa shape index (κ3) is 5.26. The average molecular weight is 300 g/mol. The van der Waals surface area contributed by atoms with Crippen LogP contribution in [0.15, 0.2) is 0 Å². The smallest absolute Gasteiger partial charge is 0.232 e. The highest BCUT2D eigenvalue weighted by Gasteiger charge is 2.25. The van der Waals surface area contributed by atoms with Gasteiger partial charge in [0.05, 0.1) is 12.4 Å². The molecule has 4 nitrogen and oxygen atoms in total. The number of carbonyl (C=O) groups is 1. The van der Waals surface area contributed by atoms with Crippen molar-refractivity contribution in [3.8, 4) is 0 Å². The zero-order chi connectivity index (χ0) is 14.6. The van der Waals surface area contributed by atoms with E-state index in [0.29, 0.717) is 17.6 Å². The van der Waals surface area contributed by atoms with Gasteiger partial charge in [0.25, 0.3) is 0 Å². The Morgan fingerprint density at radius 2 is 1.95 bits per heavy atom. The minimum Gasteiger partial charge on any atom is -0.381 e. The molecule has 0 spiro atoms. The van der Waals surface area contributed by atoms with Gasteiger partial charge in [0.15, 0.2) is 0 Å². The lowest BCUT2D eigenvalue weighted by Gasteiger charge is -2.36. The van der Waals surface area contributed by atoms with Crippen molar-refractivity contribution in [3.63, 3.8) is 0 Å². The van der Waals surface area contributed by atoms with Crippen LogP contribution in [0.3, 0.4) is 0 Å². The molecule has 2 heterocycles. The van der Waals surface area contributed by atoms with Gasteiger partial charge in [-0.05, 0) is 12.3 Å². The summed E-state index contributed by atoms with van der Waals surface area (Å²) in [5.74, 6) is 1.61.